The highest BCUT2D eigenvalue weighted by Gasteiger charge is 2.33. The van der Waals surface area contributed by atoms with Gasteiger partial charge in [-0.25, -0.2) is 4.79 Å². The lowest BCUT2D eigenvalue weighted by molar-refractivity contribution is -0.385. The number of rotatable bonds is 3. The second kappa shape index (κ2) is 7.16. The summed E-state index contributed by atoms with van der Waals surface area (Å²) in [6.45, 7) is 8.78. The molecule has 0 aliphatic carbocycles. The number of nitro groups is 1. The van der Waals surface area contributed by atoms with Gasteiger partial charge in [-0.2, -0.15) is 0 Å². The van der Waals surface area contributed by atoms with Gasteiger partial charge in [0, 0.05) is 25.7 Å². The highest BCUT2D eigenvalue weighted by atomic mass is 16.6. The summed E-state index contributed by atoms with van der Waals surface area (Å²) >= 11 is 0. The second-order valence-electron chi connectivity index (χ2n) is 7.05. The number of carbonyl (C=O) groups excluding carboxylic acids is 1. The molecule has 1 aromatic carbocycles. The van der Waals surface area contributed by atoms with E-state index in [0.29, 0.717) is 25.3 Å². The number of nitro benzene ring substituents is 1. The zero-order valence-electron chi connectivity index (χ0n) is 15.3. The van der Waals surface area contributed by atoms with Crippen LogP contribution in [0.1, 0.15) is 27.7 Å². The van der Waals surface area contributed by atoms with E-state index in [4.69, 9.17) is 9.47 Å². The average Bonchev–Trinajstić information content (AvgIpc) is 2.51. The molecule has 1 saturated heterocycles. The highest BCUT2D eigenvalue weighted by Crippen LogP contribution is 2.37. The van der Waals surface area contributed by atoms with E-state index in [1.807, 2.05) is 32.6 Å². The fraction of sp³-hybridized carbons (Fsp3) is 0.588. The molecule has 8 heteroatoms. The standard InChI is InChI=1S/C17H25N3O5/c1-12-11-18(9-10-19(12)16(21)25-17(2,3)4)13-7-6-8-14(24-5)15(13)20(22)23/h6-8,12H,9-11H2,1-5H3/t12-/m1/s1. The smallest absolute Gasteiger partial charge is 0.410 e. The van der Waals surface area contributed by atoms with Crippen molar-refractivity contribution in [1.29, 1.82) is 0 Å². The second-order valence-corrected chi connectivity index (χ2v) is 7.05. The zero-order chi connectivity index (χ0) is 18.8. The Morgan fingerprint density at radius 3 is 2.52 bits per heavy atom. The SMILES string of the molecule is COc1cccc(N2CCN(C(=O)OC(C)(C)C)[C@H](C)C2)c1[N+](=O)[O-]. The number of methoxy groups -OCH3 is 1. The Kier molecular flexibility index (Phi) is 5.39. The Balaban J connectivity index is 2.19. The normalized spacial score (nSPS) is 18.0. The van der Waals surface area contributed by atoms with Crippen molar-refractivity contribution < 1.29 is 19.2 Å². The summed E-state index contributed by atoms with van der Waals surface area (Å²) in [7, 11) is 1.41. The number of amides is 1. The van der Waals surface area contributed by atoms with Crippen LogP contribution in [0.3, 0.4) is 0 Å². The molecule has 1 aliphatic rings. The first-order chi connectivity index (χ1) is 11.6. The van der Waals surface area contributed by atoms with E-state index in [1.54, 1.807) is 23.1 Å². The number of anilines is 1. The number of carbonyl (C=O) groups is 1. The predicted molar refractivity (Wildman–Crippen MR) is 94.3 cm³/mol. The molecule has 1 atom stereocenters. The van der Waals surface area contributed by atoms with Gasteiger partial charge in [0.2, 0.25) is 0 Å². The van der Waals surface area contributed by atoms with Crippen LogP contribution in [0.4, 0.5) is 16.2 Å². The van der Waals surface area contributed by atoms with Crippen LogP contribution in [0.2, 0.25) is 0 Å². The molecule has 0 saturated carbocycles. The van der Waals surface area contributed by atoms with Gasteiger partial charge in [0.1, 0.15) is 11.3 Å². The van der Waals surface area contributed by atoms with E-state index in [0.717, 1.165) is 0 Å². The van der Waals surface area contributed by atoms with Crippen molar-refractivity contribution in [2.45, 2.75) is 39.3 Å². The molecule has 1 amide bonds. The summed E-state index contributed by atoms with van der Waals surface area (Å²) in [6.07, 6.45) is -0.361. The van der Waals surface area contributed by atoms with Crippen molar-refractivity contribution >= 4 is 17.5 Å². The quantitative estimate of drug-likeness (QED) is 0.615. The van der Waals surface area contributed by atoms with Crippen molar-refractivity contribution in [2.75, 3.05) is 31.6 Å². The maximum Gasteiger partial charge on any atom is 0.410 e. The third kappa shape index (κ3) is 4.32. The highest BCUT2D eigenvalue weighted by molar-refractivity contribution is 5.72. The Morgan fingerprint density at radius 2 is 2.00 bits per heavy atom. The van der Waals surface area contributed by atoms with E-state index in [1.165, 1.54) is 7.11 Å². The lowest BCUT2D eigenvalue weighted by Crippen LogP contribution is -2.55. The number of benzene rings is 1. The largest absolute Gasteiger partial charge is 0.490 e. The van der Waals surface area contributed by atoms with E-state index in [-0.39, 0.29) is 23.6 Å². The lowest BCUT2D eigenvalue weighted by atomic mass is 10.1. The lowest BCUT2D eigenvalue weighted by Gasteiger charge is -2.41. The molecular weight excluding hydrogens is 326 g/mol. The first-order valence-electron chi connectivity index (χ1n) is 8.20. The van der Waals surface area contributed by atoms with E-state index in [9.17, 15) is 14.9 Å². The van der Waals surface area contributed by atoms with Crippen LogP contribution in [-0.2, 0) is 4.74 Å². The topological polar surface area (TPSA) is 85.2 Å². The van der Waals surface area contributed by atoms with Crippen LogP contribution in [-0.4, -0.2) is 54.3 Å². The molecule has 25 heavy (non-hydrogen) atoms. The molecule has 138 valence electrons. The molecule has 0 radical (unpaired) electrons. The summed E-state index contributed by atoms with van der Waals surface area (Å²) in [5, 5.41) is 11.5. The van der Waals surface area contributed by atoms with Gasteiger partial charge >= 0.3 is 11.8 Å². The molecule has 1 aromatic rings. The van der Waals surface area contributed by atoms with Crippen molar-refractivity contribution in [3.8, 4) is 5.75 Å². The minimum atomic E-state index is -0.556. The molecule has 1 aliphatic heterocycles. The molecule has 0 bridgehead atoms. The van der Waals surface area contributed by atoms with E-state index >= 15 is 0 Å². The number of ether oxygens (including phenoxy) is 2. The van der Waals surface area contributed by atoms with Crippen LogP contribution in [0.5, 0.6) is 5.75 Å². The molecule has 1 heterocycles. The van der Waals surface area contributed by atoms with Crippen LogP contribution in [0.15, 0.2) is 18.2 Å². The van der Waals surface area contributed by atoms with Gasteiger partial charge in [-0.05, 0) is 39.8 Å². The average molecular weight is 351 g/mol. The van der Waals surface area contributed by atoms with Crippen LogP contribution in [0, 0.1) is 10.1 Å². The number of para-hydroxylation sites is 1. The van der Waals surface area contributed by atoms with Crippen molar-refractivity contribution in [3.63, 3.8) is 0 Å². The summed E-state index contributed by atoms with van der Waals surface area (Å²) < 4.78 is 10.6. The van der Waals surface area contributed by atoms with Crippen LogP contribution in [0.25, 0.3) is 0 Å². The Bertz CT molecular complexity index is 656. The van der Waals surface area contributed by atoms with Gasteiger partial charge in [0.25, 0.3) is 0 Å². The molecule has 0 unspecified atom stereocenters. The Labute approximate surface area is 147 Å². The molecule has 2 rings (SSSR count). The summed E-state index contributed by atoms with van der Waals surface area (Å²) in [5.74, 6) is 0.227. The summed E-state index contributed by atoms with van der Waals surface area (Å²) in [4.78, 5) is 26.9. The zero-order valence-corrected chi connectivity index (χ0v) is 15.3. The Morgan fingerprint density at radius 1 is 1.32 bits per heavy atom. The van der Waals surface area contributed by atoms with E-state index < -0.39 is 10.5 Å². The van der Waals surface area contributed by atoms with Crippen LogP contribution < -0.4 is 9.64 Å². The molecule has 8 nitrogen and oxygen atoms in total. The van der Waals surface area contributed by atoms with Crippen LogP contribution >= 0.6 is 0 Å². The van der Waals surface area contributed by atoms with Crippen molar-refractivity contribution in [2.24, 2.45) is 0 Å². The van der Waals surface area contributed by atoms with Gasteiger partial charge in [-0.15, -0.1) is 0 Å². The Hall–Kier alpha value is -2.51. The molecule has 0 spiro atoms. The molecule has 0 aromatic heterocycles. The van der Waals surface area contributed by atoms with Gasteiger partial charge < -0.3 is 19.3 Å². The van der Waals surface area contributed by atoms with Gasteiger partial charge in [0.05, 0.1) is 12.0 Å². The molecule has 0 N–H and O–H groups in total. The van der Waals surface area contributed by atoms with Crippen molar-refractivity contribution in [1.82, 2.24) is 4.90 Å². The van der Waals surface area contributed by atoms with Gasteiger partial charge in [0.15, 0.2) is 5.75 Å². The van der Waals surface area contributed by atoms with Crippen molar-refractivity contribution in [3.05, 3.63) is 28.3 Å². The first-order valence-corrected chi connectivity index (χ1v) is 8.20. The number of hydrogen-bond acceptors (Lipinski definition) is 6. The maximum atomic E-state index is 12.3. The minimum Gasteiger partial charge on any atom is -0.490 e. The molecular formula is C17H25N3O5. The summed E-state index contributed by atoms with van der Waals surface area (Å²) in [5.41, 5.74) is -0.109. The van der Waals surface area contributed by atoms with Gasteiger partial charge in [-0.1, -0.05) is 6.07 Å². The first kappa shape index (κ1) is 18.8. The fourth-order valence-electron chi connectivity index (χ4n) is 2.88. The number of piperazine rings is 1. The van der Waals surface area contributed by atoms with Gasteiger partial charge in [-0.3, -0.25) is 10.1 Å². The summed E-state index contributed by atoms with van der Waals surface area (Å²) in [6, 6.07) is 4.87. The minimum absolute atomic E-state index is 0.0529. The fourth-order valence-corrected chi connectivity index (χ4v) is 2.88. The third-order valence-corrected chi connectivity index (χ3v) is 3.98. The predicted octanol–water partition coefficient (Wildman–Crippen LogP) is 3.05. The molecule has 1 fully saturated rings. The maximum absolute atomic E-state index is 12.3. The van der Waals surface area contributed by atoms with E-state index in [2.05, 4.69) is 0 Å². The third-order valence-electron chi connectivity index (χ3n) is 3.98. The number of hydrogen-bond donors (Lipinski definition) is 0. The number of nitrogens with zero attached hydrogens (tertiary/aromatic N) is 3. The monoisotopic (exact) mass is 351 g/mol.